The largest absolute Gasteiger partial charge is 0.469 e. The Hall–Kier alpha value is -1.45. The van der Waals surface area contributed by atoms with Crippen molar-refractivity contribution in [1.29, 1.82) is 0 Å². The first kappa shape index (κ1) is 14.9. The summed E-state index contributed by atoms with van der Waals surface area (Å²) < 4.78 is 4.72. The third kappa shape index (κ3) is 4.02. The van der Waals surface area contributed by atoms with E-state index in [0.29, 0.717) is 5.02 Å². The molecule has 0 aliphatic heterocycles. The SMILES string of the molecule is COC(=O)Cc1c(Cl)cccc1SCc1ccccc1. The summed E-state index contributed by atoms with van der Waals surface area (Å²) in [6.07, 6.45) is 0.202. The zero-order valence-corrected chi connectivity index (χ0v) is 12.7. The van der Waals surface area contributed by atoms with Crippen molar-refractivity contribution >= 4 is 29.3 Å². The highest BCUT2D eigenvalue weighted by molar-refractivity contribution is 7.98. The second-order valence-corrected chi connectivity index (χ2v) is 5.67. The van der Waals surface area contributed by atoms with Gasteiger partial charge in [0.25, 0.3) is 0 Å². The number of ether oxygens (including phenoxy) is 1. The van der Waals surface area contributed by atoms with Crippen LogP contribution >= 0.6 is 23.4 Å². The molecule has 0 saturated carbocycles. The average Bonchev–Trinajstić information content (AvgIpc) is 2.48. The van der Waals surface area contributed by atoms with Gasteiger partial charge in [-0.25, -0.2) is 0 Å². The van der Waals surface area contributed by atoms with E-state index in [1.807, 2.05) is 30.3 Å². The Bertz CT molecular complexity index is 584. The van der Waals surface area contributed by atoms with E-state index in [-0.39, 0.29) is 12.4 Å². The second-order valence-electron chi connectivity index (χ2n) is 4.24. The van der Waals surface area contributed by atoms with Gasteiger partial charge in [0.15, 0.2) is 0 Å². The number of esters is 1. The van der Waals surface area contributed by atoms with Gasteiger partial charge in [0, 0.05) is 15.7 Å². The molecule has 2 rings (SSSR count). The zero-order valence-electron chi connectivity index (χ0n) is 11.1. The standard InChI is InChI=1S/C16H15ClO2S/c1-19-16(18)10-13-14(17)8-5-9-15(13)20-11-12-6-3-2-4-7-12/h2-9H,10-11H2,1H3. The third-order valence-corrected chi connectivity index (χ3v) is 4.39. The van der Waals surface area contributed by atoms with Gasteiger partial charge in [-0.15, -0.1) is 11.8 Å². The average molecular weight is 307 g/mol. The van der Waals surface area contributed by atoms with Gasteiger partial charge in [0.2, 0.25) is 0 Å². The van der Waals surface area contributed by atoms with Crippen molar-refractivity contribution in [3.63, 3.8) is 0 Å². The summed E-state index contributed by atoms with van der Waals surface area (Å²) in [7, 11) is 1.38. The number of hydrogen-bond acceptors (Lipinski definition) is 3. The molecular formula is C16H15ClO2S. The van der Waals surface area contributed by atoms with Crippen LogP contribution in [0.3, 0.4) is 0 Å². The van der Waals surface area contributed by atoms with E-state index in [9.17, 15) is 4.79 Å². The van der Waals surface area contributed by atoms with Gasteiger partial charge >= 0.3 is 5.97 Å². The summed E-state index contributed by atoms with van der Waals surface area (Å²) in [6.45, 7) is 0. The smallest absolute Gasteiger partial charge is 0.310 e. The summed E-state index contributed by atoms with van der Waals surface area (Å²) in [5.74, 6) is 0.565. The summed E-state index contributed by atoms with van der Waals surface area (Å²) >= 11 is 7.87. The molecule has 0 unspecified atom stereocenters. The summed E-state index contributed by atoms with van der Waals surface area (Å²) in [4.78, 5) is 12.5. The van der Waals surface area contributed by atoms with Crippen molar-refractivity contribution in [2.24, 2.45) is 0 Å². The van der Waals surface area contributed by atoms with Gasteiger partial charge in [0.1, 0.15) is 0 Å². The van der Waals surface area contributed by atoms with Crippen molar-refractivity contribution < 1.29 is 9.53 Å². The lowest BCUT2D eigenvalue weighted by atomic mass is 10.1. The Morgan fingerprint density at radius 2 is 1.90 bits per heavy atom. The predicted molar refractivity (Wildman–Crippen MR) is 83.2 cm³/mol. The van der Waals surface area contributed by atoms with Gasteiger partial charge < -0.3 is 4.74 Å². The van der Waals surface area contributed by atoms with Crippen LogP contribution in [0.5, 0.6) is 0 Å². The topological polar surface area (TPSA) is 26.3 Å². The van der Waals surface area contributed by atoms with Gasteiger partial charge in [-0.1, -0.05) is 48.0 Å². The van der Waals surface area contributed by atoms with Crippen molar-refractivity contribution in [2.75, 3.05) is 7.11 Å². The maximum Gasteiger partial charge on any atom is 0.310 e. The highest BCUT2D eigenvalue weighted by atomic mass is 35.5. The predicted octanol–water partition coefficient (Wildman–Crippen LogP) is 4.35. The maximum absolute atomic E-state index is 11.5. The van der Waals surface area contributed by atoms with E-state index in [4.69, 9.17) is 16.3 Å². The van der Waals surface area contributed by atoms with Crippen LogP contribution in [-0.4, -0.2) is 13.1 Å². The quantitative estimate of drug-likeness (QED) is 0.607. The molecule has 104 valence electrons. The molecule has 0 aromatic heterocycles. The lowest BCUT2D eigenvalue weighted by Crippen LogP contribution is -2.06. The Balaban J connectivity index is 2.14. The van der Waals surface area contributed by atoms with Crippen molar-refractivity contribution in [1.82, 2.24) is 0 Å². The lowest BCUT2D eigenvalue weighted by Gasteiger charge is -2.10. The molecule has 0 saturated heterocycles. The maximum atomic E-state index is 11.5. The number of rotatable bonds is 5. The van der Waals surface area contributed by atoms with E-state index in [2.05, 4.69) is 12.1 Å². The highest BCUT2D eigenvalue weighted by Gasteiger charge is 2.12. The minimum atomic E-state index is -0.278. The Labute approximate surface area is 128 Å². The van der Waals surface area contributed by atoms with E-state index in [1.54, 1.807) is 17.8 Å². The van der Waals surface area contributed by atoms with Crippen LogP contribution in [0.1, 0.15) is 11.1 Å². The number of carbonyl (C=O) groups excluding carboxylic acids is 1. The minimum absolute atomic E-state index is 0.202. The number of hydrogen-bond donors (Lipinski definition) is 0. The van der Waals surface area contributed by atoms with Crippen molar-refractivity contribution in [2.45, 2.75) is 17.1 Å². The normalized spacial score (nSPS) is 10.3. The van der Waals surface area contributed by atoms with Gasteiger partial charge in [-0.05, 0) is 23.3 Å². The Kier molecular flexibility index (Phi) is 5.50. The van der Waals surface area contributed by atoms with Crippen LogP contribution < -0.4 is 0 Å². The molecule has 0 heterocycles. The van der Waals surface area contributed by atoms with Crippen LogP contribution in [0.15, 0.2) is 53.4 Å². The molecule has 0 aliphatic carbocycles. The zero-order chi connectivity index (χ0) is 14.4. The summed E-state index contributed by atoms with van der Waals surface area (Å²) in [5, 5.41) is 0.605. The molecule has 0 spiro atoms. The molecule has 0 fully saturated rings. The van der Waals surface area contributed by atoms with Crippen molar-refractivity contribution in [3.05, 3.63) is 64.7 Å². The van der Waals surface area contributed by atoms with E-state index >= 15 is 0 Å². The molecule has 0 amide bonds. The monoisotopic (exact) mass is 306 g/mol. The van der Waals surface area contributed by atoms with Gasteiger partial charge in [-0.2, -0.15) is 0 Å². The van der Waals surface area contributed by atoms with E-state index < -0.39 is 0 Å². The minimum Gasteiger partial charge on any atom is -0.469 e. The molecule has 0 N–H and O–H groups in total. The Morgan fingerprint density at radius 3 is 2.60 bits per heavy atom. The molecule has 0 radical (unpaired) electrons. The molecule has 0 bridgehead atoms. The molecule has 2 nitrogen and oxygen atoms in total. The first-order valence-corrected chi connectivity index (χ1v) is 7.58. The highest BCUT2D eigenvalue weighted by Crippen LogP contribution is 2.31. The van der Waals surface area contributed by atoms with Crippen LogP contribution in [0.25, 0.3) is 0 Å². The first-order chi connectivity index (χ1) is 9.70. The molecule has 2 aromatic rings. The van der Waals surface area contributed by atoms with Crippen LogP contribution in [0.2, 0.25) is 5.02 Å². The third-order valence-electron chi connectivity index (χ3n) is 2.86. The summed E-state index contributed by atoms with van der Waals surface area (Å²) in [6, 6.07) is 15.9. The lowest BCUT2D eigenvalue weighted by molar-refractivity contribution is -0.139. The summed E-state index contributed by atoms with van der Waals surface area (Å²) in [5.41, 5.74) is 2.07. The van der Waals surface area contributed by atoms with Crippen molar-refractivity contribution in [3.8, 4) is 0 Å². The van der Waals surface area contributed by atoms with Crippen LogP contribution in [-0.2, 0) is 21.7 Å². The fourth-order valence-corrected chi connectivity index (χ4v) is 3.14. The Morgan fingerprint density at radius 1 is 1.15 bits per heavy atom. The number of thioether (sulfide) groups is 1. The number of methoxy groups -OCH3 is 1. The number of benzene rings is 2. The number of halogens is 1. The van der Waals surface area contributed by atoms with Crippen LogP contribution in [0, 0.1) is 0 Å². The first-order valence-electron chi connectivity index (χ1n) is 6.21. The molecule has 4 heteroatoms. The van der Waals surface area contributed by atoms with Gasteiger partial charge in [0.05, 0.1) is 13.5 Å². The fraction of sp³-hybridized carbons (Fsp3) is 0.188. The fourth-order valence-electron chi connectivity index (χ4n) is 1.80. The van der Waals surface area contributed by atoms with Crippen LogP contribution in [0.4, 0.5) is 0 Å². The number of carbonyl (C=O) groups is 1. The molecule has 2 aromatic carbocycles. The molecule has 0 aliphatic rings. The molecule has 0 atom stereocenters. The van der Waals surface area contributed by atoms with E-state index in [0.717, 1.165) is 16.2 Å². The van der Waals surface area contributed by atoms with Gasteiger partial charge in [-0.3, -0.25) is 4.79 Å². The molecular weight excluding hydrogens is 292 g/mol. The molecule has 20 heavy (non-hydrogen) atoms. The second kappa shape index (κ2) is 7.36. The van der Waals surface area contributed by atoms with E-state index in [1.165, 1.54) is 12.7 Å².